The van der Waals surface area contributed by atoms with Gasteiger partial charge in [-0.1, -0.05) is 6.07 Å². The smallest absolute Gasteiger partial charge is 0.378 e. The number of unbranched alkanes of at least 4 members (excludes halogenated alkanes) is 1. The second-order valence-electron chi connectivity index (χ2n) is 6.49. The van der Waals surface area contributed by atoms with Crippen LogP contribution in [0.1, 0.15) is 24.0 Å². The van der Waals surface area contributed by atoms with E-state index in [9.17, 15) is 13.2 Å². The van der Waals surface area contributed by atoms with E-state index in [0.717, 1.165) is 25.1 Å². The van der Waals surface area contributed by atoms with E-state index in [1.54, 1.807) is 30.9 Å². The lowest BCUT2D eigenvalue weighted by Gasteiger charge is -2.29. The number of ether oxygens (including phenoxy) is 1. The van der Waals surface area contributed by atoms with Crippen LogP contribution in [0.2, 0.25) is 0 Å². The second-order valence-corrected chi connectivity index (χ2v) is 7.48. The van der Waals surface area contributed by atoms with Crippen LogP contribution >= 0.6 is 35.7 Å². The molecule has 0 saturated carbocycles. The van der Waals surface area contributed by atoms with Gasteiger partial charge < -0.3 is 20.3 Å². The van der Waals surface area contributed by atoms with Gasteiger partial charge in [-0.2, -0.15) is 24.9 Å². The molecule has 1 heterocycles. The summed E-state index contributed by atoms with van der Waals surface area (Å²) >= 11 is 1.80. The van der Waals surface area contributed by atoms with Crippen molar-refractivity contribution < 1.29 is 17.9 Å². The molecule has 0 aliphatic carbocycles. The fraction of sp³-hybridized carbons (Fsp3) is 0.632. The third kappa shape index (κ3) is 8.79. The quantitative estimate of drug-likeness (QED) is 0.224. The highest BCUT2D eigenvalue weighted by Gasteiger charge is 2.34. The molecule has 1 aromatic rings. The number of aliphatic imine (C=N–C) groups is 1. The van der Waals surface area contributed by atoms with E-state index in [4.69, 9.17) is 4.74 Å². The van der Waals surface area contributed by atoms with Crippen molar-refractivity contribution in [2.45, 2.75) is 25.6 Å². The Bertz CT molecular complexity index is 640. The summed E-state index contributed by atoms with van der Waals surface area (Å²) in [4.78, 5) is 6.01. The van der Waals surface area contributed by atoms with Gasteiger partial charge in [0.15, 0.2) is 5.96 Å². The topological polar surface area (TPSA) is 48.9 Å². The average Bonchev–Trinajstić information content (AvgIpc) is 2.70. The van der Waals surface area contributed by atoms with Crippen molar-refractivity contribution in [2.75, 3.05) is 56.8 Å². The first kappa shape index (κ1) is 26.2. The number of nitrogens with one attached hydrogen (secondary N) is 2. The molecule has 1 aliphatic rings. The molecule has 29 heavy (non-hydrogen) atoms. The van der Waals surface area contributed by atoms with Crippen LogP contribution in [0, 0.1) is 0 Å². The molecule has 0 amide bonds. The van der Waals surface area contributed by atoms with Gasteiger partial charge in [0.1, 0.15) is 0 Å². The lowest BCUT2D eigenvalue weighted by molar-refractivity contribution is -0.138. The molecule has 0 unspecified atom stereocenters. The Morgan fingerprint density at radius 2 is 1.93 bits per heavy atom. The molecule has 0 aromatic heterocycles. The molecular weight excluding hydrogens is 516 g/mol. The van der Waals surface area contributed by atoms with Crippen LogP contribution in [0.15, 0.2) is 23.2 Å². The lowest BCUT2D eigenvalue weighted by Crippen LogP contribution is -2.38. The van der Waals surface area contributed by atoms with Crippen LogP contribution in [0.3, 0.4) is 0 Å². The molecule has 1 aromatic carbocycles. The molecule has 0 bridgehead atoms. The monoisotopic (exact) mass is 546 g/mol. The van der Waals surface area contributed by atoms with Crippen molar-refractivity contribution >= 4 is 47.4 Å². The number of hydrogen-bond acceptors (Lipinski definition) is 4. The Hall–Kier alpha value is -0.880. The third-order valence-electron chi connectivity index (χ3n) is 4.51. The highest BCUT2D eigenvalue weighted by Crippen LogP contribution is 2.35. The lowest BCUT2D eigenvalue weighted by atomic mass is 10.0. The van der Waals surface area contributed by atoms with E-state index in [1.165, 1.54) is 6.07 Å². The van der Waals surface area contributed by atoms with E-state index in [0.29, 0.717) is 38.0 Å². The van der Waals surface area contributed by atoms with E-state index < -0.39 is 11.7 Å². The predicted molar refractivity (Wildman–Crippen MR) is 126 cm³/mol. The number of halogens is 4. The number of benzene rings is 1. The summed E-state index contributed by atoms with van der Waals surface area (Å²) < 4.78 is 46.1. The van der Waals surface area contributed by atoms with Gasteiger partial charge in [-0.05, 0) is 42.5 Å². The van der Waals surface area contributed by atoms with E-state index in [1.807, 2.05) is 4.90 Å². The molecule has 2 N–H and O–H groups in total. The molecule has 10 heteroatoms. The van der Waals surface area contributed by atoms with Crippen LogP contribution in [-0.4, -0.2) is 57.9 Å². The molecule has 2 rings (SSSR count). The molecule has 0 radical (unpaired) electrons. The van der Waals surface area contributed by atoms with Gasteiger partial charge in [0.2, 0.25) is 0 Å². The molecular formula is C19H30F3IN4OS. The number of nitrogens with zero attached hydrogens (tertiary/aromatic N) is 2. The third-order valence-corrected chi connectivity index (χ3v) is 5.21. The SMILES string of the molecule is CN=C(NCCCCSC)NCc1ccc(N2CCOCC2)cc1C(F)(F)F.I. The Labute approximate surface area is 192 Å². The fourth-order valence-electron chi connectivity index (χ4n) is 2.98. The van der Waals surface area contributed by atoms with Crippen molar-refractivity contribution in [1.29, 1.82) is 0 Å². The first-order valence-corrected chi connectivity index (χ1v) is 10.8. The minimum absolute atomic E-state index is 0. The maximum atomic E-state index is 13.6. The summed E-state index contributed by atoms with van der Waals surface area (Å²) in [5.41, 5.74) is 0.171. The highest BCUT2D eigenvalue weighted by atomic mass is 127. The first-order chi connectivity index (χ1) is 13.5. The zero-order chi connectivity index (χ0) is 20.4. The van der Waals surface area contributed by atoms with Crippen molar-refractivity contribution in [3.05, 3.63) is 29.3 Å². The van der Waals surface area contributed by atoms with Crippen LogP contribution in [0.5, 0.6) is 0 Å². The van der Waals surface area contributed by atoms with Gasteiger partial charge in [0.05, 0.1) is 18.8 Å². The standard InChI is InChI=1S/C19H29F3N4OS.HI/c1-23-18(24-7-3-4-12-28-2)25-14-15-5-6-16(13-17(15)19(20,21)22)26-8-10-27-11-9-26;/h5-6,13H,3-4,7-12,14H2,1-2H3,(H2,23,24,25);1H. The Morgan fingerprint density at radius 3 is 2.55 bits per heavy atom. The number of morpholine rings is 1. The second kappa shape index (κ2) is 13.4. The van der Waals surface area contributed by atoms with E-state index >= 15 is 0 Å². The first-order valence-electron chi connectivity index (χ1n) is 9.42. The predicted octanol–water partition coefficient (Wildman–Crippen LogP) is 3.97. The van der Waals surface area contributed by atoms with E-state index in [-0.39, 0.29) is 36.1 Å². The molecule has 1 saturated heterocycles. The summed E-state index contributed by atoms with van der Waals surface area (Å²) in [6, 6.07) is 4.53. The fourth-order valence-corrected chi connectivity index (χ4v) is 3.47. The van der Waals surface area contributed by atoms with Crippen molar-refractivity contribution in [1.82, 2.24) is 10.6 Å². The summed E-state index contributed by atoms with van der Waals surface area (Å²) in [5, 5.41) is 6.13. The number of thioether (sulfide) groups is 1. The minimum atomic E-state index is -4.41. The van der Waals surface area contributed by atoms with Gasteiger partial charge in [-0.15, -0.1) is 24.0 Å². The van der Waals surface area contributed by atoms with Crippen molar-refractivity contribution in [3.8, 4) is 0 Å². The molecule has 5 nitrogen and oxygen atoms in total. The zero-order valence-corrected chi connectivity index (χ0v) is 20.0. The van der Waals surface area contributed by atoms with Gasteiger partial charge in [0, 0.05) is 38.9 Å². The van der Waals surface area contributed by atoms with Crippen LogP contribution in [0.25, 0.3) is 0 Å². The number of alkyl halides is 3. The maximum absolute atomic E-state index is 13.6. The largest absolute Gasteiger partial charge is 0.416 e. The number of rotatable bonds is 8. The zero-order valence-electron chi connectivity index (χ0n) is 16.8. The minimum Gasteiger partial charge on any atom is -0.378 e. The summed E-state index contributed by atoms with van der Waals surface area (Å²) in [6.45, 7) is 3.06. The molecule has 0 atom stereocenters. The Balaban J connectivity index is 0.00000420. The summed E-state index contributed by atoms with van der Waals surface area (Å²) in [7, 11) is 1.61. The molecule has 0 spiro atoms. The number of anilines is 1. The van der Waals surface area contributed by atoms with Crippen molar-refractivity contribution in [2.24, 2.45) is 4.99 Å². The van der Waals surface area contributed by atoms with Crippen LogP contribution in [0.4, 0.5) is 18.9 Å². The van der Waals surface area contributed by atoms with Gasteiger partial charge >= 0.3 is 6.18 Å². The molecule has 166 valence electrons. The van der Waals surface area contributed by atoms with Gasteiger partial charge in [0.25, 0.3) is 0 Å². The molecule has 1 aliphatic heterocycles. The number of hydrogen-bond donors (Lipinski definition) is 2. The Kier molecular flexibility index (Phi) is 12.1. The molecule has 1 fully saturated rings. The van der Waals surface area contributed by atoms with Crippen molar-refractivity contribution in [3.63, 3.8) is 0 Å². The summed E-state index contributed by atoms with van der Waals surface area (Å²) in [6.07, 6.45) is -0.263. The van der Waals surface area contributed by atoms with Gasteiger partial charge in [-0.25, -0.2) is 0 Å². The van der Waals surface area contributed by atoms with Crippen LogP contribution < -0.4 is 15.5 Å². The average molecular weight is 546 g/mol. The van der Waals surface area contributed by atoms with Crippen LogP contribution in [-0.2, 0) is 17.5 Å². The normalized spacial score (nSPS) is 15.1. The highest BCUT2D eigenvalue weighted by molar-refractivity contribution is 14.0. The number of guanidine groups is 1. The van der Waals surface area contributed by atoms with E-state index in [2.05, 4.69) is 21.9 Å². The summed E-state index contributed by atoms with van der Waals surface area (Å²) in [5.74, 6) is 1.60. The Morgan fingerprint density at radius 1 is 1.21 bits per heavy atom. The van der Waals surface area contributed by atoms with Gasteiger partial charge in [-0.3, -0.25) is 4.99 Å². The maximum Gasteiger partial charge on any atom is 0.416 e.